The molecule has 0 aromatic heterocycles. The largest absolute Gasteiger partial charge is 0.390 e. The standard InChI is InChI=1S/C36H60O8/c1-20-10-11-24-23(14-19-36(24,9)44-31-30(40)29(39)28(38)21(2)42-31)32(3,4)22(20)12-13-25-34(7)17-15-26(37)33(5,6)43-27(34)16-18-35(25,8)41/h12,20-21,23-25,27-31,38-41H,10-11,13-19H2,1-9H3/t20?,21-,23+,24+,25+,27?,28-,29+,30+,31-,34+,35-,36+/m0/s1. The highest BCUT2D eigenvalue weighted by atomic mass is 16.7. The van der Waals surface area contributed by atoms with Crippen LogP contribution < -0.4 is 0 Å². The van der Waals surface area contributed by atoms with E-state index in [9.17, 15) is 25.2 Å². The topological polar surface area (TPSA) is 126 Å². The predicted octanol–water partition coefficient (Wildman–Crippen LogP) is 5.08. The zero-order chi connectivity index (χ0) is 32.6. The van der Waals surface area contributed by atoms with E-state index in [1.165, 1.54) is 5.57 Å². The summed E-state index contributed by atoms with van der Waals surface area (Å²) in [5.74, 6) is 1.07. The number of ether oxygens (including phenoxy) is 3. The lowest BCUT2D eigenvalue weighted by atomic mass is 9.56. The molecule has 3 saturated carbocycles. The molecule has 8 nitrogen and oxygen atoms in total. The van der Waals surface area contributed by atoms with Crippen LogP contribution in [0.5, 0.6) is 0 Å². The molecule has 4 N–H and O–H groups in total. The van der Waals surface area contributed by atoms with E-state index < -0.39 is 47.5 Å². The predicted molar refractivity (Wildman–Crippen MR) is 168 cm³/mol. The molecule has 2 aliphatic heterocycles. The Hall–Kier alpha value is -0.870. The highest BCUT2D eigenvalue weighted by molar-refractivity contribution is 5.86. The number of carbonyl (C=O) groups is 1. The van der Waals surface area contributed by atoms with Crippen LogP contribution in [0.1, 0.15) is 120 Å². The van der Waals surface area contributed by atoms with E-state index in [4.69, 9.17) is 14.2 Å². The Labute approximate surface area is 264 Å². The van der Waals surface area contributed by atoms with Crippen LogP contribution >= 0.6 is 0 Å². The smallest absolute Gasteiger partial charge is 0.187 e. The highest BCUT2D eigenvalue weighted by Gasteiger charge is 2.58. The van der Waals surface area contributed by atoms with E-state index in [1.807, 2.05) is 20.8 Å². The second-order valence-corrected chi connectivity index (χ2v) is 17.0. The molecule has 0 radical (unpaired) electrons. The van der Waals surface area contributed by atoms with Gasteiger partial charge in [-0.3, -0.25) is 4.79 Å². The van der Waals surface area contributed by atoms with Gasteiger partial charge in [0.05, 0.1) is 23.4 Å². The zero-order valence-electron chi connectivity index (χ0n) is 28.6. The Balaban J connectivity index is 1.39. The molecule has 2 saturated heterocycles. The third-order valence-electron chi connectivity index (χ3n) is 13.3. The number of ketones is 1. The summed E-state index contributed by atoms with van der Waals surface area (Å²) in [7, 11) is 0. The summed E-state index contributed by atoms with van der Waals surface area (Å²) < 4.78 is 19.0. The average Bonchev–Trinajstić information content (AvgIpc) is 3.18. The molecule has 5 fully saturated rings. The fourth-order valence-corrected chi connectivity index (χ4v) is 10.3. The molecule has 252 valence electrons. The first kappa shape index (κ1) is 34.5. The van der Waals surface area contributed by atoms with Gasteiger partial charge >= 0.3 is 0 Å². The molecule has 0 spiro atoms. The maximum absolute atomic E-state index is 13.0. The number of hydrogen-bond acceptors (Lipinski definition) is 8. The summed E-state index contributed by atoms with van der Waals surface area (Å²) in [4.78, 5) is 13.0. The molecule has 0 aromatic rings. The summed E-state index contributed by atoms with van der Waals surface area (Å²) in [6.45, 7) is 18.8. The van der Waals surface area contributed by atoms with Crippen molar-refractivity contribution in [2.45, 2.75) is 174 Å². The van der Waals surface area contributed by atoms with Gasteiger partial charge in [-0.25, -0.2) is 0 Å². The van der Waals surface area contributed by atoms with Gasteiger partial charge in [-0.05, 0) is 115 Å². The number of rotatable bonds is 4. The van der Waals surface area contributed by atoms with Crippen LogP contribution in [-0.2, 0) is 19.0 Å². The maximum Gasteiger partial charge on any atom is 0.187 e. The third-order valence-corrected chi connectivity index (χ3v) is 13.3. The average molecular weight is 621 g/mol. The van der Waals surface area contributed by atoms with Crippen LogP contribution in [0, 0.1) is 34.5 Å². The van der Waals surface area contributed by atoms with Crippen LogP contribution in [0.25, 0.3) is 0 Å². The van der Waals surface area contributed by atoms with Crippen molar-refractivity contribution >= 4 is 5.78 Å². The fraction of sp³-hybridized carbons (Fsp3) is 0.917. The van der Waals surface area contributed by atoms with E-state index in [2.05, 4.69) is 40.7 Å². The summed E-state index contributed by atoms with van der Waals surface area (Å²) in [5, 5.41) is 43.1. The number of allylic oxidation sites excluding steroid dienone is 2. The van der Waals surface area contributed by atoms with E-state index in [1.54, 1.807) is 6.92 Å². The van der Waals surface area contributed by atoms with E-state index >= 15 is 0 Å². The van der Waals surface area contributed by atoms with Gasteiger partial charge < -0.3 is 34.6 Å². The van der Waals surface area contributed by atoms with Crippen molar-refractivity contribution in [3.8, 4) is 0 Å². The van der Waals surface area contributed by atoms with E-state index in [0.29, 0.717) is 24.7 Å². The van der Waals surface area contributed by atoms with Crippen molar-refractivity contribution in [2.24, 2.45) is 34.5 Å². The minimum Gasteiger partial charge on any atom is -0.390 e. The minimum atomic E-state index is -1.31. The van der Waals surface area contributed by atoms with E-state index in [0.717, 1.165) is 44.9 Å². The van der Waals surface area contributed by atoms with Gasteiger partial charge in [0.25, 0.3) is 0 Å². The van der Waals surface area contributed by atoms with Crippen molar-refractivity contribution < 1.29 is 39.4 Å². The number of hydrogen-bond donors (Lipinski definition) is 4. The van der Waals surface area contributed by atoms with Crippen molar-refractivity contribution in [1.82, 2.24) is 0 Å². The molecule has 0 bridgehead atoms. The second kappa shape index (κ2) is 11.7. The zero-order valence-corrected chi connectivity index (χ0v) is 28.6. The van der Waals surface area contributed by atoms with Gasteiger partial charge in [-0.1, -0.05) is 39.3 Å². The van der Waals surface area contributed by atoms with Crippen LogP contribution in [0.3, 0.4) is 0 Å². The normalized spacial score (nSPS) is 51.8. The quantitative estimate of drug-likeness (QED) is 0.321. The third kappa shape index (κ3) is 5.77. The Morgan fingerprint density at radius 3 is 2.23 bits per heavy atom. The van der Waals surface area contributed by atoms with Crippen molar-refractivity contribution in [3.05, 3.63) is 11.6 Å². The first-order chi connectivity index (χ1) is 20.2. The fourth-order valence-electron chi connectivity index (χ4n) is 10.3. The second-order valence-electron chi connectivity index (χ2n) is 17.0. The molecule has 0 amide bonds. The van der Waals surface area contributed by atoms with Gasteiger partial charge in [0.2, 0.25) is 0 Å². The summed E-state index contributed by atoms with van der Waals surface area (Å²) in [6.07, 6.45) is 4.10. The monoisotopic (exact) mass is 620 g/mol. The molecule has 8 heteroatoms. The highest BCUT2D eigenvalue weighted by Crippen LogP contribution is 2.60. The SMILES string of the molecule is CC1CC[C@@H]2[C@@H](CC[C@@]2(C)O[C@@H]2O[C@@H](C)[C@H](O)[C@@H](O)[C@H]2O)C(C)(C)C1=CC[C@H]1[C@@](C)(O)CCC2OC(C)(C)C(=O)CC[C@@]21C. The molecular formula is C36H60O8. The Morgan fingerprint density at radius 1 is 0.864 bits per heavy atom. The molecule has 3 aliphatic carbocycles. The summed E-state index contributed by atoms with van der Waals surface area (Å²) in [5.41, 5.74) is -1.17. The van der Waals surface area contributed by atoms with E-state index in [-0.39, 0.29) is 34.6 Å². The first-order valence-electron chi connectivity index (χ1n) is 17.3. The first-order valence-corrected chi connectivity index (χ1v) is 17.3. The van der Waals surface area contributed by atoms with Crippen molar-refractivity contribution in [2.75, 3.05) is 0 Å². The Kier molecular flexibility index (Phi) is 9.15. The van der Waals surface area contributed by atoms with Crippen LogP contribution in [0.4, 0.5) is 0 Å². The maximum atomic E-state index is 13.0. The lowest BCUT2D eigenvalue weighted by Gasteiger charge is -2.54. The lowest BCUT2D eigenvalue weighted by molar-refractivity contribution is -0.323. The van der Waals surface area contributed by atoms with Gasteiger partial charge in [-0.2, -0.15) is 0 Å². The van der Waals surface area contributed by atoms with Gasteiger partial charge in [0, 0.05) is 11.8 Å². The molecule has 2 unspecified atom stereocenters. The molecular weight excluding hydrogens is 560 g/mol. The Bertz CT molecular complexity index is 1110. The molecule has 5 aliphatic rings. The number of aliphatic hydroxyl groups excluding tert-OH is 3. The summed E-state index contributed by atoms with van der Waals surface area (Å²) in [6, 6.07) is 0. The molecule has 44 heavy (non-hydrogen) atoms. The number of Topliss-reactive ketones (excluding diaryl/α,β-unsaturated/α-hetero) is 1. The number of fused-ring (bicyclic) bond motifs is 2. The molecule has 13 atom stereocenters. The minimum absolute atomic E-state index is 0.0316. The summed E-state index contributed by atoms with van der Waals surface area (Å²) >= 11 is 0. The molecule has 0 aromatic carbocycles. The lowest BCUT2D eigenvalue weighted by Crippen LogP contribution is -2.59. The Morgan fingerprint density at radius 2 is 1.55 bits per heavy atom. The molecule has 2 heterocycles. The van der Waals surface area contributed by atoms with Crippen LogP contribution in [0.15, 0.2) is 11.6 Å². The van der Waals surface area contributed by atoms with Crippen LogP contribution in [-0.4, -0.2) is 79.8 Å². The van der Waals surface area contributed by atoms with Gasteiger partial charge in [0.15, 0.2) is 12.1 Å². The van der Waals surface area contributed by atoms with Crippen molar-refractivity contribution in [1.29, 1.82) is 0 Å². The van der Waals surface area contributed by atoms with Gasteiger partial charge in [-0.15, -0.1) is 0 Å². The number of carbonyl (C=O) groups excluding carboxylic acids is 1. The van der Waals surface area contributed by atoms with Crippen LogP contribution in [0.2, 0.25) is 0 Å². The van der Waals surface area contributed by atoms with Crippen molar-refractivity contribution in [3.63, 3.8) is 0 Å². The number of aliphatic hydroxyl groups is 4. The van der Waals surface area contributed by atoms with Gasteiger partial charge in [0.1, 0.15) is 23.9 Å². The molecule has 5 rings (SSSR count).